The molecule has 0 amide bonds. The predicted molar refractivity (Wildman–Crippen MR) is 78.2 cm³/mol. The average Bonchev–Trinajstić information content (AvgIpc) is 2.76. The summed E-state index contributed by atoms with van der Waals surface area (Å²) in [7, 11) is 0. The van der Waals surface area contributed by atoms with Crippen molar-refractivity contribution in [2.24, 2.45) is 0 Å². The van der Waals surface area contributed by atoms with Crippen molar-refractivity contribution in [3.63, 3.8) is 0 Å². The second-order valence-electron chi connectivity index (χ2n) is 4.87. The summed E-state index contributed by atoms with van der Waals surface area (Å²) >= 11 is 1.95. The topological polar surface area (TPSA) is 21.3 Å². The lowest BCUT2D eigenvalue weighted by molar-refractivity contribution is 0.127. The first-order chi connectivity index (χ1) is 8.70. The lowest BCUT2D eigenvalue weighted by atomic mass is 10.1. The van der Waals surface area contributed by atoms with Gasteiger partial charge in [0.05, 0.1) is 6.10 Å². The first-order valence-corrected chi connectivity index (χ1v) is 7.70. The van der Waals surface area contributed by atoms with Gasteiger partial charge in [-0.3, -0.25) is 0 Å². The fourth-order valence-electron chi connectivity index (χ4n) is 2.30. The molecule has 0 spiro atoms. The zero-order chi connectivity index (χ0) is 13.0. The Balaban J connectivity index is 1.95. The molecule has 3 unspecified atom stereocenters. The Bertz CT molecular complexity index is 365. The van der Waals surface area contributed by atoms with Crippen LogP contribution in [-0.4, -0.2) is 24.5 Å². The van der Waals surface area contributed by atoms with Crippen LogP contribution in [0.3, 0.4) is 0 Å². The minimum absolute atomic E-state index is 0.385. The van der Waals surface area contributed by atoms with E-state index < -0.39 is 0 Å². The van der Waals surface area contributed by atoms with E-state index in [0.717, 1.165) is 13.2 Å². The molecule has 1 saturated heterocycles. The SMILES string of the molecule is CCNC(C)c1ccc(SC2CCOC2C)cc1. The van der Waals surface area contributed by atoms with Crippen molar-refractivity contribution < 1.29 is 4.74 Å². The molecule has 3 heteroatoms. The number of thioether (sulfide) groups is 1. The maximum Gasteiger partial charge on any atom is 0.0669 e. The number of benzene rings is 1. The fourth-order valence-corrected chi connectivity index (χ4v) is 3.43. The first kappa shape index (κ1) is 13.9. The molecule has 0 aromatic heterocycles. The number of rotatable bonds is 5. The Hall–Kier alpha value is -0.510. The summed E-state index contributed by atoms with van der Waals surface area (Å²) in [4.78, 5) is 1.35. The van der Waals surface area contributed by atoms with Gasteiger partial charge in [-0.25, -0.2) is 0 Å². The van der Waals surface area contributed by atoms with E-state index in [0.29, 0.717) is 17.4 Å². The lowest BCUT2D eigenvalue weighted by Gasteiger charge is -2.15. The van der Waals surface area contributed by atoms with E-state index >= 15 is 0 Å². The van der Waals surface area contributed by atoms with Gasteiger partial charge in [-0.1, -0.05) is 19.1 Å². The van der Waals surface area contributed by atoms with Crippen molar-refractivity contribution in [3.8, 4) is 0 Å². The van der Waals surface area contributed by atoms with E-state index in [2.05, 4.69) is 50.4 Å². The van der Waals surface area contributed by atoms with Crippen LogP contribution in [0.25, 0.3) is 0 Å². The van der Waals surface area contributed by atoms with Crippen LogP contribution >= 0.6 is 11.8 Å². The molecule has 1 heterocycles. The second-order valence-corrected chi connectivity index (χ2v) is 6.18. The van der Waals surface area contributed by atoms with Gasteiger partial charge < -0.3 is 10.1 Å². The van der Waals surface area contributed by atoms with Gasteiger partial charge in [-0.15, -0.1) is 11.8 Å². The smallest absolute Gasteiger partial charge is 0.0669 e. The van der Waals surface area contributed by atoms with E-state index in [-0.39, 0.29) is 0 Å². The Morgan fingerprint density at radius 2 is 2.11 bits per heavy atom. The van der Waals surface area contributed by atoms with Gasteiger partial charge in [-0.2, -0.15) is 0 Å². The molecular formula is C15H23NOS. The molecule has 18 heavy (non-hydrogen) atoms. The summed E-state index contributed by atoms with van der Waals surface area (Å²) < 4.78 is 5.60. The summed E-state index contributed by atoms with van der Waals surface area (Å²) in [5.74, 6) is 0. The van der Waals surface area contributed by atoms with Gasteiger partial charge in [0, 0.05) is 22.8 Å². The van der Waals surface area contributed by atoms with Gasteiger partial charge in [0.1, 0.15) is 0 Å². The minimum Gasteiger partial charge on any atom is -0.377 e. The molecule has 2 rings (SSSR count). The average molecular weight is 265 g/mol. The molecular weight excluding hydrogens is 242 g/mol. The molecule has 100 valence electrons. The highest BCUT2D eigenvalue weighted by atomic mass is 32.2. The zero-order valence-corrected chi connectivity index (χ0v) is 12.3. The summed E-state index contributed by atoms with van der Waals surface area (Å²) in [6, 6.07) is 9.37. The Morgan fingerprint density at radius 1 is 1.39 bits per heavy atom. The molecule has 0 saturated carbocycles. The lowest BCUT2D eigenvalue weighted by Crippen LogP contribution is -2.17. The quantitative estimate of drug-likeness (QED) is 0.878. The van der Waals surface area contributed by atoms with Crippen molar-refractivity contribution in [2.75, 3.05) is 13.2 Å². The Labute approximate surface area is 114 Å². The van der Waals surface area contributed by atoms with Crippen molar-refractivity contribution in [2.45, 2.75) is 49.5 Å². The van der Waals surface area contributed by atoms with Crippen LogP contribution in [0, 0.1) is 0 Å². The van der Waals surface area contributed by atoms with Crippen LogP contribution in [0.2, 0.25) is 0 Å². The molecule has 2 nitrogen and oxygen atoms in total. The number of nitrogens with one attached hydrogen (secondary N) is 1. The zero-order valence-electron chi connectivity index (χ0n) is 11.5. The maximum absolute atomic E-state index is 5.60. The molecule has 1 aliphatic heterocycles. The largest absolute Gasteiger partial charge is 0.377 e. The van der Waals surface area contributed by atoms with E-state index in [1.54, 1.807) is 0 Å². The van der Waals surface area contributed by atoms with Crippen molar-refractivity contribution in [1.29, 1.82) is 0 Å². The Kier molecular flexibility index (Phi) is 5.10. The van der Waals surface area contributed by atoms with Crippen molar-refractivity contribution >= 4 is 11.8 Å². The third-order valence-electron chi connectivity index (χ3n) is 3.48. The van der Waals surface area contributed by atoms with E-state index in [1.165, 1.54) is 16.9 Å². The number of hydrogen-bond donors (Lipinski definition) is 1. The molecule has 1 fully saturated rings. The van der Waals surface area contributed by atoms with Crippen LogP contribution in [0.1, 0.15) is 38.8 Å². The highest BCUT2D eigenvalue weighted by Gasteiger charge is 2.24. The second kappa shape index (κ2) is 6.60. The molecule has 1 aromatic carbocycles. The van der Waals surface area contributed by atoms with Crippen molar-refractivity contribution in [1.82, 2.24) is 5.32 Å². The van der Waals surface area contributed by atoms with Crippen molar-refractivity contribution in [3.05, 3.63) is 29.8 Å². The number of hydrogen-bond acceptors (Lipinski definition) is 3. The molecule has 0 aliphatic carbocycles. The minimum atomic E-state index is 0.385. The maximum atomic E-state index is 5.60. The summed E-state index contributed by atoms with van der Waals surface area (Å²) in [5.41, 5.74) is 1.36. The predicted octanol–water partition coefficient (Wildman–Crippen LogP) is 3.63. The van der Waals surface area contributed by atoms with Crippen LogP contribution < -0.4 is 5.32 Å². The summed E-state index contributed by atoms with van der Waals surface area (Å²) in [6.07, 6.45) is 1.55. The molecule has 1 aromatic rings. The Morgan fingerprint density at radius 3 is 2.67 bits per heavy atom. The van der Waals surface area contributed by atoms with Crippen LogP contribution in [0.5, 0.6) is 0 Å². The standard InChI is InChI=1S/C15H23NOS/c1-4-16-11(2)13-5-7-14(8-6-13)18-15-9-10-17-12(15)3/h5-8,11-12,15-16H,4,9-10H2,1-3H3. The summed E-state index contributed by atoms with van der Waals surface area (Å²) in [5, 5.41) is 4.05. The number of ether oxygens (including phenoxy) is 1. The van der Waals surface area contributed by atoms with Gasteiger partial charge in [0.2, 0.25) is 0 Å². The molecule has 0 bridgehead atoms. The third kappa shape index (κ3) is 3.50. The van der Waals surface area contributed by atoms with Crippen LogP contribution in [0.15, 0.2) is 29.2 Å². The highest BCUT2D eigenvalue weighted by molar-refractivity contribution is 8.00. The summed E-state index contributed by atoms with van der Waals surface area (Å²) in [6.45, 7) is 8.44. The van der Waals surface area contributed by atoms with Gasteiger partial charge >= 0.3 is 0 Å². The molecule has 1 N–H and O–H groups in total. The molecule has 1 aliphatic rings. The van der Waals surface area contributed by atoms with E-state index in [1.807, 2.05) is 11.8 Å². The van der Waals surface area contributed by atoms with Gasteiger partial charge in [0.15, 0.2) is 0 Å². The van der Waals surface area contributed by atoms with Crippen LogP contribution in [-0.2, 0) is 4.74 Å². The first-order valence-electron chi connectivity index (χ1n) is 6.82. The third-order valence-corrected chi connectivity index (χ3v) is 4.95. The molecule has 0 radical (unpaired) electrons. The fraction of sp³-hybridized carbons (Fsp3) is 0.600. The van der Waals surface area contributed by atoms with Crippen LogP contribution in [0.4, 0.5) is 0 Å². The van der Waals surface area contributed by atoms with E-state index in [4.69, 9.17) is 4.74 Å². The monoisotopic (exact) mass is 265 g/mol. The van der Waals surface area contributed by atoms with Gasteiger partial charge in [0.25, 0.3) is 0 Å². The van der Waals surface area contributed by atoms with E-state index in [9.17, 15) is 0 Å². The normalized spacial score (nSPS) is 25.3. The van der Waals surface area contributed by atoms with Gasteiger partial charge in [-0.05, 0) is 44.5 Å². The molecule has 3 atom stereocenters. The highest BCUT2D eigenvalue weighted by Crippen LogP contribution is 2.32.